The van der Waals surface area contributed by atoms with E-state index in [1.807, 2.05) is 37.3 Å². The van der Waals surface area contributed by atoms with E-state index >= 15 is 0 Å². The summed E-state index contributed by atoms with van der Waals surface area (Å²) in [4.78, 5) is 25.9. The van der Waals surface area contributed by atoms with Crippen LogP contribution in [-0.2, 0) is 4.74 Å². The second-order valence-electron chi connectivity index (χ2n) is 7.89. The van der Waals surface area contributed by atoms with Crippen LogP contribution in [0.15, 0.2) is 66.7 Å². The van der Waals surface area contributed by atoms with Gasteiger partial charge in [0.1, 0.15) is 6.10 Å². The van der Waals surface area contributed by atoms with E-state index in [0.717, 1.165) is 5.56 Å². The number of nitro groups is 1. The highest BCUT2D eigenvalue weighted by atomic mass is 35.5. The molecule has 1 fully saturated rings. The second-order valence-corrected chi connectivity index (χ2v) is 8.33. The third-order valence-corrected chi connectivity index (χ3v) is 5.70. The van der Waals surface area contributed by atoms with Crippen molar-refractivity contribution in [3.63, 3.8) is 0 Å². The van der Waals surface area contributed by atoms with Crippen LogP contribution < -0.4 is 9.47 Å². The summed E-state index contributed by atoms with van der Waals surface area (Å²) in [5.74, 6) is 0.357. The maximum atomic E-state index is 13.3. The van der Waals surface area contributed by atoms with Gasteiger partial charge < -0.3 is 19.1 Å². The lowest BCUT2D eigenvalue weighted by Gasteiger charge is -2.37. The molecule has 0 aliphatic carbocycles. The Hall–Kier alpha value is -3.62. The number of carbonyl (C=O) groups excluding carboxylic acids is 1. The number of ether oxygens (including phenoxy) is 3. The monoisotopic (exact) mass is 482 g/mol. The Morgan fingerprint density at radius 1 is 1.06 bits per heavy atom. The van der Waals surface area contributed by atoms with Gasteiger partial charge in [-0.3, -0.25) is 14.9 Å². The molecule has 1 aliphatic rings. The van der Waals surface area contributed by atoms with Gasteiger partial charge in [-0.15, -0.1) is 0 Å². The van der Waals surface area contributed by atoms with E-state index in [1.165, 1.54) is 25.3 Å². The number of nitro benzene ring substituents is 1. The third kappa shape index (κ3) is 5.13. The quantitative estimate of drug-likeness (QED) is 0.333. The Kier molecular flexibility index (Phi) is 7.00. The SMILES string of the molecule is COc1cc(C(=O)N2CC(C)OC(c3ccccc3)C2)ccc1Oc1ccc(Cl)cc1[N+](=O)[O-]. The fourth-order valence-electron chi connectivity index (χ4n) is 3.87. The first kappa shape index (κ1) is 23.5. The molecule has 1 amide bonds. The molecule has 1 heterocycles. The molecule has 9 heteroatoms. The maximum Gasteiger partial charge on any atom is 0.313 e. The molecule has 0 N–H and O–H groups in total. The molecule has 0 radical (unpaired) electrons. The van der Waals surface area contributed by atoms with E-state index < -0.39 is 4.92 Å². The van der Waals surface area contributed by atoms with Crippen LogP contribution in [0.4, 0.5) is 5.69 Å². The number of carbonyl (C=O) groups is 1. The van der Waals surface area contributed by atoms with E-state index in [9.17, 15) is 14.9 Å². The summed E-state index contributed by atoms with van der Waals surface area (Å²) < 4.78 is 17.2. The molecule has 1 aliphatic heterocycles. The summed E-state index contributed by atoms with van der Waals surface area (Å²) >= 11 is 5.88. The summed E-state index contributed by atoms with van der Waals surface area (Å²) in [5, 5.41) is 11.6. The van der Waals surface area contributed by atoms with E-state index in [0.29, 0.717) is 18.7 Å². The largest absolute Gasteiger partial charge is 0.493 e. The number of nitrogens with zero attached hydrogens (tertiary/aromatic N) is 2. The summed E-state index contributed by atoms with van der Waals surface area (Å²) in [6.07, 6.45) is -0.346. The maximum absolute atomic E-state index is 13.3. The molecular formula is C25H23ClN2O6. The molecule has 0 saturated carbocycles. The first-order valence-electron chi connectivity index (χ1n) is 10.6. The van der Waals surface area contributed by atoms with Gasteiger partial charge in [-0.05, 0) is 42.8 Å². The normalized spacial score (nSPS) is 17.8. The number of morpholine rings is 1. The van der Waals surface area contributed by atoms with Crippen LogP contribution in [-0.4, -0.2) is 42.0 Å². The molecule has 2 unspecified atom stereocenters. The fraction of sp³-hybridized carbons (Fsp3) is 0.240. The molecule has 0 aromatic heterocycles. The minimum Gasteiger partial charge on any atom is -0.493 e. The Morgan fingerprint density at radius 3 is 2.50 bits per heavy atom. The van der Waals surface area contributed by atoms with Gasteiger partial charge in [-0.25, -0.2) is 0 Å². The van der Waals surface area contributed by atoms with Crippen molar-refractivity contribution in [1.82, 2.24) is 4.90 Å². The molecular weight excluding hydrogens is 460 g/mol. The van der Waals surface area contributed by atoms with Crippen molar-refractivity contribution in [3.05, 3.63) is 93.0 Å². The summed E-state index contributed by atoms with van der Waals surface area (Å²) in [7, 11) is 1.44. The standard InChI is InChI=1S/C25H23ClN2O6/c1-16-14-27(15-24(33-16)17-6-4-3-5-7-17)25(29)18-8-10-22(23(12-18)32-2)34-21-11-9-19(26)13-20(21)28(30)31/h3-13,16,24H,14-15H2,1-2H3. The Bertz CT molecular complexity index is 1200. The van der Waals surface area contributed by atoms with E-state index in [2.05, 4.69) is 0 Å². The molecule has 0 spiro atoms. The van der Waals surface area contributed by atoms with E-state index in [4.69, 9.17) is 25.8 Å². The Labute approximate surface area is 201 Å². The van der Waals surface area contributed by atoms with Gasteiger partial charge >= 0.3 is 5.69 Å². The molecule has 3 aromatic carbocycles. The highest BCUT2D eigenvalue weighted by Gasteiger charge is 2.30. The summed E-state index contributed by atoms with van der Waals surface area (Å²) in [6.45, 7) is 2.82. The molecule has 2 atom stereocenters. The molecule has 1 saturated heterocycles. The van der Waals surface area contributed by atoms with Crippen LogP contribution in [0.25, 0.3) is 0 Å². The topological polar surface area (TPSA) is 91.1 Å². The summed E-state index contributed by atoms with van der Waals surface area (Å²) in [6, 6.07) is 18.6. The fourth-order valence-corrected chi connectivity index (χ4v) is 4.04. The number of hydrogen-bond acceptors (Lipinski definition) is 6. The van der Waals surface area contributed by atoms with Crippen molar-refractivity contribution in [2.45, 2.75) is 19.1 Å². The zero-order chi connectivity index (χ0) is 24.2. The first-order chi connectivity index (χ1) is 16.4. The van der Waals surface area contributed by atoms with E-state index in [-0.39, 0.29) is 46.1 Å². The van der Waals surface area contributed by atoms with Gasteiger partial charge in [0, 0.05) is 23.2 Å². The van der Waals surface area contributed by atoms with Crippen molar-refractivity contribution in [2.75, 3.05) is 20.2 Å². The van der Waals surface area contributed by atoms with Crippen LogP contribution in [0.5, 0.6) is 17.2 Å². The van der Waals surface area contributed by atoms with Crippen molar-refractivity contribution < 1.29 is 23.9 Å². The lowest BCUT2D eigenvalue weighted by atomic mass is 10.1. The van der Waals surface area contributed by atoms with Crippen LogP contribution in [0, 0.1) is 10.1 Å². The lowest BCUT2D eigenvalue weighted by Crippen LogP contribution is -2.45. The minimum absolute atomic E-state index is 0.0134. The highest BCUT2D eigenvalue weighted by Crippen LogP contribution is 2.38. The number of halogens is 1. The first-order valence-corrected chi connectivity index (χ1v) is 11.0. The van der Waals surface area contributed by atoms with Crippen molar-refractivity contribution in [1.29, 1.82) is 0 Å². The van der Waals surface area contributed by atoms with Gasteiger partial charge in [-0.2, -0.15) is 0 Å². The van der Waals surface area contributed by atoms with Crippen LogP contribution in [0.2, 0.25) is 5.02 Å². The van der Waals surface area contributed by atoms with Gasteiger partial charge in [0.15, 0.2) is 11.5 Å². The van der Waals surface area contributed by atoms with Crippen molar-refractivity contribution in [3.8, 4) is 17.2 Å². The number of rotatable bonds is 6. The smallest absolute Gasteiger partial charge is 0.313 e. The molecule has 176 valence electrons. The lowest BCUT2D eigenvalue weighted by molar-refractivity contribution is -0.385. The summed E-state index contributed by atoms with van der Waals surface area (Å²) in [5.41, 5.74) is 1.15. The van der Waals surface area contributed by atoms with Crippen LogP contribution in [0.1, 0.15) is 28.9 Å². The van der Waals surface area contributed by atoms with Gasteiger partial charge in [0.2, 0.25) is 5.75 Å². The van der Waals surface area contributed by atoms with Crippen molar-refractivity contribution in [2.24, 2.45) is 0 Å². The van der Waals surface area contributed by atoms with Crippen LogP contribution in [0.3, 0.4) is 0 Å². The second kappa shape index (κ2) is 10.1. The third-order valence-electron chi connectivity index (χ3n) is 5.47. The zero-order valence-corrected chi connectivity index (χ0v) is 19.4. The molecule has 34 heavy (non-hydrogen) atoms. The average molecular weight is 483 g/mol. The zero-order valence-electron chi connectivity index (χ0n) is 18.6. The predicted molar refractivity (Wildman–Crippen MR) is 127 cm³/mol. The molecule has 4 rings (SSSR count). The Morgan fingerprint density at radius 2 is 1.79 bits per heavy atom. The van der Waals surface area contributed by atoms with Gasteiger partial charge in [-0.1, -0.05) is 41.9 Å². The number of amides is 1. The average Bonchev–Trinajstić information content (AvgIpc) is 2.85. The molecule has 8 nitrogen and oxygen atoms in total. The predicted octanol–water partition coefficient (Wildman–Crippen LogP) is 5.65. The minimum atomic E-state index is -0.575. The highest BCUT2D eigenvalue weighted by molar-refractivity contribution is 6.30. The van der Waals surface area contributed by atoms with Gasteiger partial charge in [0.25, 0.3) is 5.91 Å². The van der Waals surface area contributed by atoms with Gasteiger partial charge in [0.05, 0.1) is 24.7 Å². The van der Waals surface area contributed by atoms with E-state index in [1.54, 1.807) is 23.1 Å². The molecule has 0 bridgehead atoms. The number of hydrogen-bond donors (Lipinski definition) is 0. The molecule has 3 aromatic rings. The van der Waals surface area contributed by atoms with Crippen LogP contribution >= 0.6 is 11.6 Å². The number of benzene rings is 3. The van der Waals surface area contributed by atoms with Crippen molar-refractivity contribution >= 4 is 23.2 Å². The number of methoxy groups -OCH3 is 1. The Balaban J connectivity index is 1.56.